The first kappa shape index (κ1) is 13.1. The van der Waals surface area contributed by atoms with Crippen molar-refractivity contribution in [1.29, 1.82) is 0 Å². The van der Waals surface area contributed by atoms with Gasteiger partial charge in [0, 0.05) is 6.42 Å². The first-order valence-electron chi connectivity index (χ1n) is 7.10. The van der Waals surface area contributed by atoms with E-state index in [1.165, 1.54) is 32.1 Å². The van der Waals surface area contributed by atoms with Gasteiger partial charge in [-0.05, 0) is 24.5 Å². The number of hydrogen-bond donors (Lipinski definition) is 0. The number of fused-ring (bicyclic) bond motifs is 1. The van der Waals surface area contributed by atoms with Crippen molar-refractivity contribution in [2.24, 2.45) is 0 Å². The molecule has 0 spiro atoms. The van der Waals surface area contributed by atoms with Crippen molar-refractivity contribution in [2.45, 2.75) is 58.0 Å². The highest BCUT2D eigenvalue weighted by Gasteiger charge is 2.25. The van der Waals surface area contributed by atoms with E-state index in [1.807, 2.05) is 24.3 Å². The Morgan fingerprint density at radius 1 is 1.17 bits per heavy atom. The topological polar surface area (TPSA) is 26.3 Å². The molecule has 1 aromatic rings. The number of hydrogen-bond acceptors (Lipinski definition) is 2. The summed E-state index contributed by atoms with van der Waals surface area (Å²) in [4.78, 5) is 11.8. The summed E-state index contributed by atoms with van der Waals surface area (Å²) in [5.41, 5.74) is 1.90. The summed E-state index contributed by atoms with van der Waals surface area (Å²) in [5, 5.41) is 0. The fourth-order valence-corrected chi connectivity index (χ4v) is 2.54. The summed E-state index contributed by atoms with van der Waals surface area (Å²) in [6.45, 7) is 2.22. The van der Waals surface area contributed by atoms with Crippen molar-refractivity contribution in [1.82, 2.24) is 0 Å². The van der Waals surface area contributed by atoms with Crippen LogP contribution in [0.5, 0.6) is 0 Å². The minimum absolute atomic E-state index is 0.0917. The molecule has 1 aromatic carbocycles. The summed E-state index contributed by atoms with van der Waals surface area (Å²) in [6, 6.07) is 7.79. The number of carbonyl (C=O) groups is 1. The summed E-state index contributed by atoms with van der Waals surface area (Å²) in [5.74, 6) is -0.143. The normalized spacial score (nSPS) is 18.3. The van der Waals surface area contributed by atoms with E-state index in [0.717, 1.165) is 24.0 Å². The summed E-state index contributed by atoms with van der Waals surface area (Å²) >= 11 is 0. The lowest BCUT2D eigenvalue weighted by Crippen LogP contribution is -2.27. The summed E-state index contributed by atoms with van der Waals surface area (Å²) in [7, 11) is 0. The summed E-state index contributed by atoms with van der Waals surface area (Å²) in [6.07, 6.45) is 8.28. The van der Waals surface area contributed by atoms with Crippen LogP contribution in [0.15, 0.2) is 24.3 Å². The van der Waals surface area contributed by atoms with Crippen LogP contribution in [0.25, 0.3) is 0 Å². The molecular weight excluding hydrogens is 224 g/mol. The number of rotatable bonds is 6. The molecule has 0 bridgehead atoms. The van der Waals surface area contributed by atoms with Crippen molar-refractivity contribution >= 4 is 5.97 Å². The molecule has 1 aliphatic rings. The quantitative estimate of drug-likeness (QED) is 0.557. The monoisotopic (exact) mass is 246 g/mol. The van der Waals surface area contributed by atoms with Crippen LogP contribution in [-0.4, -0.2) is 12.1 Å². The molecule has 1 aliphatic heterocycles. The number of unbranched alkanes of at least 4 members (excludes halogenated alkanes) is 4. The molecule has 0 saturated carbocycles. The third kappa shape index (κ3) is 3.34. The fourth-order valence-electron chi connectivity index (χ4n) is 2.54. The molecule has 98 valence electrons. The van der Waals surface area contributed by atoms with Crippen LogP contribution >= 0.6 is 0 Å². The number of ether oxygens (including phenoxy) is 1. The van der Waals surface area contributed by atoms with Crippen LogP contribution in [-0.2, 0) is 11.2 Å². The van der Waals surface area contributed by atoms with E-state index < -0.39 is 0 Å². The first-order chi connectivity index (χ1) is 8.81. The highest BCUT2D eigenvalue weighted by molar-refractivity contribution is 5.92. The molecule has 1 unspecified atom stereocenters. The molecule has 0 N–H and O–H groups in total. The van der Waals surface area contributed by atoms with Crippen molar-refractivity contribution in [3.63, 3.8) is 0 Å². The second-order valence-electron chi connectivity index (χ2n) is 5.09. The van der Waals surface area contributed by atoms with Gasteiger partial charge < -0.3 is 4.74 Å². The maximum Gasteiger partial charge on any atom is 0.338 e. The zero-order valence-corrected chi connectivity index (χ0v) is 11.2. The van der Waals surface area contributed by atoms with Crippen LogP contribution in [0.4, 0.5) is 0 Å². The average molecular weight is 246 g/mol. The molecule has 18 heavy (non-hydrogen) atoms. The standard InChI is InChI=1S/C16H22O2/c1-2-3-4-5-6-10-14-12-13-9-7-8-11-15(13)16(17)18-14/h7-9,11,14H,2-6,10,12H2,1H3. The Kier molecular flexibility index (Phi) is 4.80. The van der Waals surface area contributed by atoms with Gasteiger partial charge in [-0.2, -0.15) is 0 Å². The van der Waals surface area contributed by atoms with Gasteiger partial charge in [-0.3, -0.25) is 0 Å². The predicted molar refractivity (Wildman–Crippen MR) is 72.7 cm³/mol. The van der Waals surface area contributed by atoms with Crippen LogP contribution in [0.2, 0.25) is 0 Å². The molecule has 0 aliphatic carbocycles. The van der Waals surface area contributed by atoms with E-state index in [1.54, 1.807) is 0 Å². The zero-order valence-electron chi connectivity index (χ0n) is 11.2. The van der Waals surface area contributed by atoms with E-state index in [9.17, 15) is 4.79 Å². The van der Waals surface area contributed by atoms with E-state index in [-0.39, 0.29) is 12.1 Å². The maximum atomic E-state index is 11.8. The third-order valence-electron chi connectivity index (χ3n) is 3.59. The van der Waals surface area contributed by atoms with Gasteiger partial charge in [0.1, 0.15) is 6.10 Å². The van der Waals surface area contributed by atoms with Gasteiger partial charge in [-0.15, -0.1) is 0 Å². The van der Waals surface area contributed by atoms with Gasteiger partial charge in [0.05, 0.1) is 5.56 Å². The van der Waals surface area contributed by atoms with Crippen molar-refractivity contribution in [3.05, 3.63) is 35.4 Å². The van der Waals surface area contributed by atoms with Gasteiger partial charge >= 0.3 is 5.97 Å². The molecule has 0 aromatic heterocycles. The van der Waals surface area contributed by atoms with Gasteiger partial charge in [-0.1, -0.05) is 50.8 Å². The van der Waals surface area contributed by atoms with E-state index >= 15 is 0 Å². The lowest BCUT2D eigenvalue weighted by Gasteiger charge is -2.24. The maximum absolute atomic E-state index is 11.8. The van der Waals surface area contributed by atoms with Gasteiger partial charge in [0.25, 0.3) is 0 Å². The third-order valence-corrected chi connectivity index (χ3v) is 3.59. The number of benzene rings is 1. The van der Waals surface area contributed by atoms with E-state index in [2.05, 4.69) is 6.92 Å². The lowest BCUT2D eigenvalue weighted by molar-refractivity contribution is 0.0232. The number of esters is 1. The van der Waals surface area contributed by atoms with Crippen LogP contribution in [0.3, 0.4) is 0 Å². The van der Waals surface area contributed by atoms with Crippen molar-refractivity contribution in [3.8, 4) is 0 Å². The second-order valence-corrected chi connectivity index (χ2v) is 5.09. The molecule has 0 radical (unpaired) electrons. The van der Waals surface area contributed by atoms with Gasteiger partial charge in [0.15, 0.2) is 0 Å². The molecule has 1 atom stereocenters. The van der Waals surface area contributed by atoms with Crippen LogP contribution < -0.4 is 0 Å². The Hall–Kier alpha value is -1.31. The fraction of sp³-hybridized carbons (Fsp3) is 0.562. The molecule has 0 amide bonds. The van der Waals surface area contributed by atoms with Crippen LogP contribution in [0.1, 0.15) is 61.4 Å². The average Bonchev–Trinajstić information content (AvgIpc) is 2.39. The van der Waals surface area contributed by atoms with Crippen LogP contribution in [0, 0.1) is 0 Å². The van der Waals surface area contributed by atoms with E-state index in [0.29, 0.717) is 0 Å². The zero-order chi connectivity index (χ0) is 12.8. The largest absolute Gasteiger partial charge is 0.458 e. The summed E-state index contributed by atoms with van der Waals surface area (Å²) < 4.78 is 5.48. The number of cyclic esters (lactones) is 1. The first-order valence-corrected chi connectivity index (χ1v) is 7.10. The molecule has 0 saturated heterocycles. The predicted octanol–water partition coefficient (Wildman–Crippen LogP) is 4.13. The Morgan fingerprint density at radius 2 is 1.94 bits per heavy atom. The molecular formula is C16H22O2. The lowest BCUT2D eigenvalue weighted by atomic mass is 9.95. The Labute approximate surface area is 109 Å². The molecule has 2 heteroatoms. The Balaban J connectivity index is 1.82. The van der Waals surface area contributed by atoms with E-state index in [4.69, 9.17) is 4.74 Å². The SMILES string of the molecule is CCCCCCCC1Cc2ccccc2C(=O)O1. The minimum Gasteiger partial charge on any atom is -0.458 e. The second kappa shape index (κ2) is 6.58. The van der Waals surface area contributed by atoms with Gasteiger partial charge in [0.2, 0.25) is 0 Å². The minimum atomic E-state index is -0.143. The van der Waals surface area contributed by atoms with Crippen molar-refractivity contribution in [2.75, 3.05) is 0 Å². The highest BCUT2D eigenvalue weighted by atomic mass is 16.5. The molecule has 2 rings (SSSR count). The Morgan fingerprint density at radius 3 is 2.78 bits per heavy atom. The highest BCUT2D eigenvalue weighted by Crippen LogP contribution is 2.23. The van der Waals surface area contributed by atoms with Crippen molar-refractivity contribution < 1.29 is 9.53 Å². The molecule has 0 fully saturated rings. The smallest absolute Gasteiger partial charge is 0.338 e. The molecule has 1 heterocycles. The molecule has 2 nitrogen and oxygen atoms in total. The Bertz CT molecular complexity index is 398. The van der Waals surface area contributed by atoms with Gasteiger partial charge in [-0.25, -0.2) is 4.79 Å². The number of carbonyl (C=O) groups excluding carboxylic acids is 1.